The molecule has 2 aromatic carbocycles. The van der Waals surface area contributed by atoms with E-state index in [0.29, 0.717) is 21.6 Å². The Balaban J connectivity index is 1.48. The van der Waals surface area contributed by atoms with Gasteiger partial charge >= 0.3 is 0 Å². The number of amides is 1. The summed E-state index contributed by atoms with van der Waals surface area (Å²) in [4.78, 5) is 17.0. The number of nitrogens with one attached hydrogen (secondary N) is 1. The number of anilines is 1. The van der Waals surface area contributed by atoms with Crippen molar-refractivity contribution in [2.75, 3.05) is 5.32 Å². The molecule has 4 rings (SSSR count). The number of nitrogens with zero attached hydrogens (tertiary/aromatic N) is 2. The predicted molar refractivity (Wildman–Crippen MR) is 121 cm³/mol. The molecule has 0 radical (unpaired) electrons. The van der Waals surface area contributed by atoms with Crippen molar-refractivity contribution >= 4 is 62.6 Å². The van der Waals surface area contributed by atoms with Crippen molar-refractivity contribution in [3.8, 4) is 6.07 Å². The zero-order valence-electron chi connectivity index (χ0n) is 15.7. The molecule has 5 nitrogen and oxygen atoms in total. The molecule has 0 saturated carbocycles. The lowest BCUT2D eigenvalue weighted by Gasteiger charge is -2.05. The molecule has 0 saturated heterocycles. The van der Waals surface area contributed by atoms with Gasteiger partial charge in [0.1, 0.15) is 17.4 Å². The van der Waals surface area contributed by atoms with E-state index in [9.17, 15) is 10.1 Å². The van der Waals surface area contributed by atoms with Crippen LogP contribution < -0.4 is 5.32 Å². The number of aromatic nitrogens is 1. The number of thiazole rings is 1. The Morgan fingerprint density at radius 2 is 2.10 bits per heavy atom. The summed E-state index contributed by atoms with van der Waals surface area (Å²) < 4.78 is 7.71. The number of rotatable bonds is 5. The smallest absolute Gasteiger partial charge is 0.266 e. The van der Waals surface area contributed by atoms with E-state index in [-0.39, 0.29) is 5.57 Å². The first-order valence-corrected chi connectivity index (χ1v) is 10.9. The van der Waals surface area contributed by atoms with Crippen molar-refractivity contribution in [3.63, 3.8) is 0 Å². The molecule has 30 heavy (non-hydrogen) atoms. The van der Waals surface area contributed by atoms with Crippen LogP contribution in [-0.4, -0.2) is 10.9 Å². The minimum absolute atomic E-state index is 0.0717. The molecule has 1 amide bonds. The second-order valence-electron chi connectivity index (χ2n) is 6.29. The number of benzene rings is 2. The van der Waals surface area contributed by atoms with Gasteiger partial charge in [-0.05, 0) is 60.6 Å². The fourth-order valence-corrected chi connectivity index (χ4v) is 4.76. The SMILES string of the molecule is Cc1ccc(NC(=O)/C(C#N)=C/c2ccc(Sc3nc4ccccc4s3)o2)cc1Cl. The first kappa shape index (κ1) is 20.2. The third kappa shape index (κ3) is 4.57. The van der Waals surface area contributed by atoms with Gasteiger partial charge in [-0.25, -0.2) is 4.98 Å². The lowest BCUT2D eigenvalue weighted by atomic mass is 10.2. The summed E-state index contributed by atoms with van der Waals surface area (Å²) in [6.45, 7) is 1.87. The lowest BCUT2D eigenvalue weighted by molar-refractivity contribution is -0.112. The Morgan fingerprint density at radius 3 is 2.87 bits per heavy atom. The molecule has 2 heterocycles. The standard InChI is InChI=1S/C22H14ClN3O2S2/c1-13-6-7-15(11-17(13)23)25-21(27)14(12-24)10-16-8-9-20(28-16)30-22-26-18-4-2-3-5-19(18)29-22/h2-11H,1H3,(H,25,27)/b14-10+. The molecule has 0 aliphatic rings. The van der Waals surface area contributed by atoms with Crippen molar-refractivity contribution < 1.29 is 9.21 Å². The minimum Gasteiger partial charge on any atom is -0.450 e. The van der Waals surface area contributed by atoms with Gasteiger partial charge in [-0.1, -0.05) is 29.8 Å². The van der Waals surface area contributed by atoms with E-state index in [2.05, 4.69) is 10.3 Å². The van der Waals surface area contributed by atoms with Gasteiger partial charge in [0, 0.05) is 16.8 Å². The number of carbonyl (C=O) groups excluding carboxylic acids is 1. The maximum absolute atomic E-state index is 12.4. The van der Waals surface area contributed by atoms with Crippen LogP contribution in [0.4, 0.5) is 5.69 Å². The summed E-state index contributed by atoms with van der Waals surface area (Å²) in [5, 5.41) is 13.2. The van der Waals surface area contributed by atoms with E-state index >= 15 is 0 Å². The van der Waals surface area contributed by atoms with E-state index in [1.54, 1.807) is 41.7 Å². The first-order valence-electron chi connectivity index (χ1n) is 8.84. The summed E-state index contributed by atoms with van der Waals surface area (Å²) in [5.41, 5.74) is 2.29. The zero-order valence-corrected chi connectivity index (χ0v) is 18.1. The largest absolute Gasteiger partial charge is 0.450 e. The highest BCUT2D eigenvalue weighted by molar-refractivity contribution is 8.01. The normalized spacial score (nSPS) is 11.4. The molecule has 0 aliphatic carbocycles. The summed E-state index contributed by atoms with van der Waals surface area (Å²) >= 11 is 9.06. The van der Waals surface area contributed by atoms with Crippen molar-refractivity contribution in [1.29, 1.82) is 5.26 Å². The second-order valence-corrected chi connectivity index (χ2v) is 8.98. The molecule has 0 unspecified atom stereocenters. The average Bonchev–Trinajstić information content (AvgIpc) is 3.35. The van der Waals surface area contributed by atoms with E-state index in [1.807, 2.05) is 37.3 Å². The number of para-hydroxylation sites is 1. The molecule has 0 atom stereocenters. The third-order valence-corrected chi connectivity index (χ3v) is 6.57. The van der Waals surface area contributed by atoms with Gasteiger partial charge in [-0.2, -0.15) is 5.26 Å². The lowest BCUT2D eigenvalue weighted by Crippen LogP contribution is -2.13. The third-order valence-electron chi connectivity index (χ3n) is 4.15. The monoisotopic (exact) mass is 451 g/mol. The predicted octanol–water partition coefficient (Wildman–Crippen LogP) is 6.55. The highest BCUT2D eigenvalue weighted by Crippen LogP contribution is 2.35. The van der Waals surface area contributed by atoms with Crippen molar-refractivity contribution in [2.24, 2.45) is 0 Å². The number of fused-ring (bicyclic) bond motifs is 1. The van der Waals surface area contributed by atoms with Gasteiger partial charge in [-0.15, -0.1) is 11.3 Å². The van der Waals surface area contributed by atoms with Crippen LogP contribution in [0.25, 0.3) is 16.3 Å². The molecule has 0 aliphatic heterocycles. The molecular formula is C22H14ClN3O2S2. The molecule has 0 fully saturated rings. The topological polar surface area (TPSA) is 78.9 Å². The van der Waals surface area contributed by atoms with Gasteiger partial charge in [0.05, 0.1) is 10.2 Å². The minimum atomic E-state index is -0.533. The first-order chi connectivity index (χ1) is 14.5. The van der Waals surface area contributed by atoms with Gasteiger partial charge in [0.15, 0.2) is 9.43 Å². The van der Waals surface area contributed by atoms with E-state index in [0.717, 1.165) is 20.1 Å². The Kier molecular flexibility index (Phi) is 5.91. The van der Waals surface area contributed by atoms with Crippen molar-refractivity contribution in [3.05, 3.63) is 76.5 Å². The van der Waals surface area contributed by atoms with Crippen LogP contribution in [0.2, 0.25) is 5.02 Å². The molecule has 0 spiro atoms. The molecular weight excluding hydrogens is 438 g/mol. The van der Waals surface area contributed by atoms with Crippen LogP contribution in [-0.2, 0) is 4.79 Å². The Bertz CT molecular complexity index is 1280. The van der Waals surface area contributed by atoms with Gasteiger partial charge in [-0.3, -0.25) is 4.79 Å². The molecule has 148 valence electrons. The Hall–Kier alpha value is -3.05. The number of hydrogen-bond donors (Lipinski definition) is 1. The van der Waals surface area contributed by atoms with E-state index in [4.69, 9.17) is 16.0 Å². The van der Waals surface area contributed by atoms with Crippen LogP contribution >= 0.6 is 34.7 Å². The number of carbonyl (C=O) groups is 1. The number of aryl methyl sites for hydroxylation is 1. The zero-order chi connectivity index (χ0) is 21.1. The van der Waals surface area contributed by atoms with Crippen LogP contribution in [0.1, 0.15) is 11.3 Å². The molecule has 4 aromatic rings. The van der Waals surface area contributed by atoms with Gasteiger partial charge < -0.3 is 9.73 Å². The summed E-state index contributed by atoms with van der Waals surface area (Å²) in [6, 6.07) is 18.5. The molecule has 2 aromatic heterocycles. The molecule has 8 heteroatoms. The summed E-state index contributed by atoms with van der Waals surface area (Å²) in [5.74, 6) is -0.124. The highest BCUT2D eigenvalue weighted by Gasteiger charge is 2.13. The maximum atomic E-state index is 12.4. The fraction of sp³-hybridized carbons (Fsp3) is 0.0455. The second kappa shape index (κ2) is 8.76. The van der Waals surface area contributed by atoms with Crippen LogP contribution in [0.5, 0.6) is 0 Å². The van der Waals surface area contributed by atoms with Crippen LogP contribution in [0, 0.1) is 18.3 Å². The van der Waals surface area contributed by atoms with Gasteiger partial charge in [0.2, 0.25) is 0 Å². The van der Waals surface area contributed by atoms with Crippen LogP contribution in [0.15, 0.2) is 74.0 Å². The Morgan fingerprint density at radius 1 is 1.27 bits per heavy atom. The number of halogens is 1. The fourth-order valence-electron chi connectivity index (χ4n) is 2.61. The number of hydrogen-bond acceptors (Lipinski definition) is 6. The summed E-state index contributed by atoms with van der Waals surface area (Å²) in [7, 11) is 0. The summed E-state index contributed by atoms with van der Waals surface area (Å²) in [6.07, 6.45) is 1.41. The van der Waals surface area contributed by atoms with Crippen LogP contribution in [0.3, 0.4) is 0 Å². The maximum Gasteiger partial charge on any atom is 0.266 e. The van der Waals surface area contributed by atoms with Gasteiger partial charge in [0.25, 0.3) is 5.91 Å². The number of furan rings is 1. The molecule has 1 N–H and O–H groups in total. The van der Waals surface area contributed by atoms with Crippen molar-refractivity contribution in [2.45, 2.75) is 16.4 Å². The van der Waals surface area contributed by atoms with E-state index in [1.165, 1.54) is 17.8 Å². The highest BCUT2D eigenvalue weighted by atomic mass is 35.5. The quantitative estimate of drug-likeness (QED) is 0.275. The van der Waals surface area contributed by atoms with E-state index < -0.39 is 5.91 Å². The number of nitriles is 1. The van der Waals surface area contributed by atoms with Crippen molar-refractivity contribution in [1.82, 2.24) is 4.98 Å². The molecule has 0 bridgehead atoms. The Labute approximate surface area is 186 Å². The average molecular weight is 452 g/mol.